The Hall–Kier alpha value is -1.55. The molecule has 2 saturated heterocycles. The van der Waals surface area contributed by atoms with E-state index in [-0.39, 0.29) is 35.9 Å². The molecule has 0 radical (unpaired) electrons. The van der Waals surface area contributed by atoms with Crippen LogP contribution in [0.5, 0.6) is 0 Å². The Balaban J connectivity index is 1.59. The molecule has 31 heavy (non-hydrogen) atoms. The molecule has 0 bridgehead atoms. The molecule has 2 atom stereocenters. The molecule has 0 spiro atoms. The van der Waals surface area contributed by atoms with Gasteiger partial charge in [0.25, 0.3) is 10.0 Å². The molecular formula is C22H34N4O4S. The van der Waals surface area contributed by atoms with E-state index in [2.05, 4.69) is 4.98 Å². The van der Waals surface area contributed by atoms with E-state index in [0.717, 1.165) is 24.8 Å². The van der Waals surface area contributed by atoms with Gasteiger partial charge in [-0.1, -0.05) is 32.1 Å². The Morgan fingerprint density at radius 1 is 1.13 bits per heavy atom. The Morgan fingerprint density at radius 2 is 1.87 bits per heavy atom. The molecule has 9 heteroatoms. The molecule has 1 amide bonds. The molecule has 8 nitrogen and oxygen atoms in total. The average Bonchev–Trinajstić information content (AvgIpc) is 2.84. The van der Waals surface area contributed by atoms with Crippen LogP contribution in [0.25, 0.3) is 0 Å². The van der Waals surface area contributed by atoms with Crippen molar-refractivity contribution in [1.29, 1.82) is 0 Å². The van der Waals surface area contributed by atoms with Crippen molar-refractivity contribution in [2.75, 3.05) is 39.4 Å². The van der Waals surface area contributed by atoms with Gasteiger partial charge in [-0.3, -0.25) is 4.79 Å². The molecule has 4 rings (SSSR count). The van der Waals surface area contributed by atoms with Gasteiger partial charge in [0, 0.05) is 38.9 Å². The molecule has 1 saturated carbocycles. The molecule has 2 N–H and O–H groups in total. The fourth-order valence-corrected chi connectivity index (χ4v) is 6.83. The van der Waals surface area contributed by atoms with Crippen LogP contribution in [-0.4, -0.2) is 67.9 Å². The topological polar surface area (TPSA) is 106 Å². The Bertz CT molecular complexity index is 866. The molecule has 1 unspecified atom stereocenters. The summed E-state index contributed by atoms with van der Waals surface area (Å²) in [5.74, 6) is 0.436. The van der Waals surface area contributed by atoms with Crippen LogP contribution < -0.4 is 5.73 Å². The Kier molecular flexibility index (Phi) is 7.26. The number of ether oxygens (including phenoxy) is 1. The summed E-state index contributed by atoms with van der Waals surface area (Å²) in [6.45, 7) is 3.19. The van der Waals surface area contributed by atoms with Crippen LogP contribution in [0.4, 0.5) is 0 Å². The number of hydrogen-bond acceptors (Lipinski definition) is 6. The molecule has 3 fully saturated rings. The highest BCUT2D eigenvalue weighted by molar-refractivity contribution is 7.89. The summed E-state index contributed by atoms with van der Waals surface area (Å²) in [5, 5.41) is 0.0253. The first kappa shape index (κ1) is 22.6. The fourth-order valence-electron chi connectivity index (χ4n) is 5.31. The molecule has 0 aromatic carbocycles. The SMILES string of the molecule is NCc1ccnc(S(=O)(=O)N2CC(C3CCCCC3)C[C@H](C(=O)N3CCOCC3)C2)c1. The van der Waals surface area contributed by atoms with Gasteiger partial charge in [-0.15, -0.1) is 0 Å². The number of carbonyl (C=O) groups excluding carboxylic acids is 1. The smallest absolute Gasteiger partial charge is 0.260 e. The van der Waals surface area contributed by atoms with Crippen molar-refractivity contribution < 1.29 is 17.9 Å². The van der Waals surface area contributed by atoms with E-state index in [1.165, 1.54) is 29.8 Å². The van der Waals surface area contributed by atoms with E-state index in [1.54, 1.807) is 12.1 Å². The van der Waals surface area contributed by atoms with E-state index in [0.29, 0.717) is 38.8 Å². The van der Waals surface area contributed by atoms with Gasteiger partial charge in [0.1, 0.15) is 0 Å². The second-order valence-electron chi connectivity index (χ2n) is 9.06. The van der Waals surface area contributed by atoms with Crippen LogP contribution in [-0.2, 0) is 26.1 Å². The second-order valence-corrected chi connectivity index (χ2v) is 10.9. The monoisotopic (exact) mass is 450 g/mol. The minimum absolute atomic E-state index is 0.0253. The number of nitrogens with two attached hydrogens (primary N) is 1. The number of morpholine rings is 1. The highest BCUT2D eigenvalue weighted by Crippen LogP contribution is 2.38. The van der Waals surface area contributed by atoms with Gasteiger partial charge in [-0.05, 0) is 36.0 Å². The zero-order valence-corrected chi connectivity index (χ0v) is 18.9. The summed E-state index contributed by atoms with van der Waals surface area (Å²) >= 11 is 0. The number of sulfonamides is 1. The predicted molar refractivity (Wildman–Crippen MR) is 116 cm³/mol. The third-order valence-electron chi connectivity index (χ3n) is 7.08. The standard InChI is InChI=1S/C22H34N4O4S/c23-14-17-6-7-24-21(12-17)31(28,29)26-15-19(18-4-2-1-3-5-18)13-20(16-26)22(27)25-8-10-30-11-9-25/h6-7,12,18-20H,1-5,8-11,13-16,23H2/t19?,20-/m0/s1. The van der Waals surface area contributed by atoms with Crippen LogP contribution in [0, 0.1) is 17.8 Å². The predicted octanol–water partition coefficient (Wildman–Crippen LogP) is 1.61. The van der Waals surface area contributed by atoms with Crippen LogP contribution >= 0.6 is 0 Å². The maximum atomic E-state index is 13.5. The lowest BCUT2D eigenvalue weighted by Gasteiger charge is -2.42. The lowest BCUT2D eigenvalue weighted by molar-refractivity contribution is -0.141. The summed E-state index contributed by atoms with van der Waals surface area (Å²) < 4.78 is 33.9. The zero-order chi connectivity index (χ0) is 21.8. The minimum atomic E-state index is -3.79. The summed E-state index contributed by atoms with van der Waals surface area (Å²) in [4.78, 5) is 19.3. The van der Waals surface area contributed by atoms with Crippen LogP contribution in [0.15, 0.2) is 23.4 Å². The summed E-state index contributed by atoms with van der Waals surface area (Å²) in [6.07, 6.45) is 8.14. The van der Waals surface area contributed by atoms with Crippen LogP contribution in [0.2, 0.25) is 0 Å². The number of hydrogen-bond donors (Lipinski definition) is 1. The lowest BCUT2D eigenvalue weighted by atomic mass is 9.74. The van der Waals surface area contributed by atoms with Crippen molar-refractivity contribution >= 4 is 15.9 Å². The van der Waals surface area contributed by atoms with Crippen molar-refractivity contribution in [3.05, 3.63) is 23.9 Å². The normalized spacial score (nSPS) is 26.7. The van der Waals surface area contributed by atoms with Gasteiger partial charge < -0.3 is 15.4 Å². The molecular weight excluding hydrogens is 416 g/mol. The van der Waals surface area contributed by atoms with Gasteiger partial charge in [0.2, 0.25) is 5.91 Å². The van der Waals surface area contributed by atoms with E-state index < -0.39 is 10.0 Å². The maximum Gasteiger partial charge on any atom is 0.260 e. The second kappa shape index (κ2) is 9.94. The molecule has 2 aliphatic heterocycles. The lowest BCUT2D eigenvalue weighted by Crippen LogP contribution is -2.52. The summed E-state index contributed by atoms with van der Waals surface area (Å²) in [5.41, 5.74) is 6.44. The van der Waals surface area contributed by atoms with E-state index >= 15 is 0 Å². The highest BCUT2D eigenvalue weighted by Gasteiger charge is 2.42. The molecule has 1 aliphatic carbocycles. The number of piperidine rings is 1. The van der Waals surface area contributed by atoms with Gasteiger partial charge in [0.05, 0.1) is 19.1 Å². The van der Waals surface area contributed by atoms with Crippen molar-refractivity contribution in [2.45, 2.75) is 50.1 Å². The molecule has 3 aliphatic rings. The first-order chi connectivity index (χ1) is 15.0. The zero-order valence-electron chi connectivity index (χ0n) is 18.1. The molecule has 172 valence electrons. The van der Waals surface area contributed by atoms with Gasteiger partial charge >= 0.3 is 0 Å². The molecule has 1 aromatic rings. The quantitative estimate of drug-likeness (QED) is 0.731. The largest absolute Gasteiger partial charge is 0.378 e. The first-order valence-corrected chi connectivity index (χ1v) is 12.9. The van der Waals surface area contributed by atoms with Gasteiger partial charge in [0.15, 0.2) is 5.03 Å². The third kappa shape index (κ3) is 5.10. The number of nitrogens with zero attached hydrogens (tertiary/aromatic N) is 3. The third-order valence-corrected chi connectivity index (χ3v) is 8.81. The number of pyridine rings is 1. The number of amides is 1. The van der Waals surface area contributed by atoms with Crippen molar-refractivity contribution in [3.8, 4) is 0 Å². The summed E-state index contributed by atoms with van der Waals surface area (Å²) in [7, 11) is -3.79. The minimum Gasteiger partial charge on any atom is -0.378 e. The highest BCUT2D eigenvalue weighted by atomic mass is 32.2. The molecule has 3 heterocycles. The van der Waals surface area contributed by atoms with E-state index in [4.69, 9.17) is 10.5 Å². The van der Waals surface area contributed by atoms with Crippen molar-refractivity contribution in [2.24, 2.45) is 23.5 Å². The number of carbonyl (C=O) groups is 1. The van der Waals surface area contributed by atoms with Crippen LogP contribution in [0.3, 0.4) is 0 Å². The number of rotatable bonds is 5. The number of aromatic nitrogens is 1. The molecule has 1 aromatic heterocycles. The Morgan fingerprint density at radius 3 is 2.58 bits per heavy atom. The van der Waals surface area contributed by atoms with Gasteiger partial charge in [-0.25, -0.2) is 13.4 Å². The van der Waals surface area contributed by atoms with Crippen LogP contribution in [0.1, 0.15) is 44.1 Å². The van der Waals surface area contributed by atoms with Gasteiger partial charge in [-0.2, -0.15) is 4.31 Å². The summed E-state index contributed by atoms with van der Waals surface area (Å²) in [6, 6.07) is 3.28. The Labute approximate surface area is 185 Å². The fraction of sp³-hybridized carbons (Fsp3) is 0.727. The average molecular weight is 451 g/mol. The van der Waals surface area contributed by atoms with E-state index in [1.807, 2.05) is 4.90 Å². The van der Waals surface area contributed by atoms with E-state index in [9.17, 15) is 13.2 Å². The maximum absolute atomic E-state index is 13.5. The van der Waals surface area contributed by atoms with Crippen molar-refractivity contribution in [3.63, 3.8) is 0 Å². The van der Waals surface area contributed by atoms with Crippen molar-refractivity contribution in [1.82, 2.24) is 14.2 Å². The first-order valence-electron chi connectivity index (χ1n) is 11.5.